The maximum atomic E-state index is 14.2. The molecule has 0 saturated carbocycles. The molecule has 1 aromatic rings. The van der Waals surface area contributed by atoms with Crippen LogP contribution in [0, 0.1) is 0 Å². The molecule has 6 unspecified atom stereocenters. The first-order chi connectivity index (χ1) is 18.9. The van der Waals surface area contributed by atoms with Crippen LogP contribution in [0.3, 0.4) is 0 Å². The molecule has 0 spiro atoms. The standard InChI is InChI=1S/C28H30O12/c1-8-11(29)4-5-16(37-8)39-14-6-12-18-22(28(14,35)10(3)38-12)26(34)20-19(24(18)32)25(33)21-17(23(20)31)9(2)36-13-7-15(30)40-27(13)21/h8-14,16,27,29,31,33,35H,4-7H2,1-3H3/t8?,9-,10+,11?,12?,13-,14?,16?,27+,28?/m0/s1. The van der Waals surface area contributed by atoms with Crippen molar-refractivity contribution in [3.05, 3.63) is 33.4 Å². The van der Waals surface area contributed by atoms with Gasteiger partial charge in [0.2, 0.25) is 0 Å². The van der Waals surface area contributed by atoms with Crippen LogP contribution >= 0.6 is 0 Å². The number of carbonyl (C=O) groups is 3. The lowest BCUT2D eigenvalue weighted by Gasteiger charge is -2.54. The third kappa shape index (κ3) is 3.25. The molecule has 40 heavy (non-hydrogen) atoms. The Morgan fingerprint density at radius 2 is 1.62 bits per heavy atom. The molecule has 0 amide bonds. The zero-order valence-corrected chi connectivity index (χ0v) is 22.1. The molecule has 12 nitrogen and oxygen atoms in total. The largest absolute Gasteiger partial charge is 0.507 e. The van der Waals surface area contributed by atoms with Gasteiger partial charge in [-0.1, -0.05) is 0 Å². The lowest BCUT2D eigenvalue weighted by molar-refractivity contribution is -0.291. The van der Waals surface area contributed by atoms with Gasteiger partial charge >= 0.3 is 5.97 Å². The third-order valence-corrected chi connectivity index (χ3v) is 9.31. The van der Waals surface area contributed by atoms with E-state index in [1.54, 1.807) is 20.8 Å². The number of hydrogen-bond acceptors (Lipinski definition) is 12. The molecule has 12 heteroatoms. The Balaban J connectivity index is 1.34. The maximum Gasteiger partial charge on any atom is 0.309 e. The lowest BCUT2D eigenvalue weighted by Crippen LogP contribution is -2.67. The van der Waals surface area contributed by atoms with Crippen molar-refractivity contribution >= 4 is 17.5 Å². The van der Waals surface area contributed by atoms with Crippen molar-refractivity contribution < 1.29 is 58.5 Å². The quantitative estimate of drug-likeness (QED) is 0.303. The summed E-state index contributed by atoms with van der Waals surface area (Å²) in [5, 5.41) is 44.9. The van der Waals surface area contributed by atoms with E-state index >= 15 is 0 Å². The van der Waals surface area contributed by atoms with Crippen LogP contribution in [0.15, 0.2) is 11.1 Å². The smallest absolute Gasteiger partial charge is 0.309 e. The zero-order chi connectivity index (χ0) is 28.4. The molecular formula is C28H30O12. The van der Waals surface area contributed by atoms with Gasteiger partial charge in [0, 0.05) is 35.1 Å². The van der Waals surface area contributed by atoms with Crippen LogP contribution in [-0.4, -0.2) is 86.5 Å². The van der Waals surface area contributed by atoms with Gasteiger partial charge in [0.15, 0.2) is 24.0 Å². The molecule has 0 radical (unpaired) electrons. The molecule has 1 aromatic carbocycles. The van der Waals surface area contributed by atoms with Crippen LogP contribution in [0.25, 0.3) is 0 Å². The predicted molar refractivity (Wildman–Crippen MR) is 131 cm³/mol. The monoisotopic (exact) mass is 558 g/mol. The number of aliphatic hydroxyl groups excluding tert-OH is 1. The van der Waals surface area contributed by atoms with Gasteiger partial charge in [0.1, 0.15) is 23.2 Å². The van der Waals surface area contributed by atoms with Gasteiger partial charge in [-0.15, -0.1) is 0 Å². The number of phenols is 2. The number of ketones is 2. The summed E-state index contributed by atoms with van der Waals surface area (Å²) in [6.07, 6.45) is -6.58. The summed E-state index contributed by atoms with van der Waals surface area (Å²) < 4.78 is 29.1. The summed E-state index contributed by atoms with van der Waals surface area (Å²) in [7, 11) is 0. The number of hydrogen-bond donors (Lipinski definition) is 4. The number of Topliss-reactive ketones (excluding diaryl/α,β-unsaturated/α-hetero) is 2. The number of aromatic hydroxyl groups is 2. The predicted octanol–water partition coefficient (Wildman–Crippen LogP) is 1.41. The van der Waals surface area contributed by atoms with Crippen molar-refractivity contribution in [2.45, 2.75) is 107 Å². The first-order valence-corrected chi connectivity index (χ1v) is 13.6. The molecule has 4 N–H and O–H groups in total. The highest BCUT2D eigenvalue weighted by Gasteiger charge is 2.64. The minimum absolute atomic E-state index is 0.0374. The zero-order valence-electron chi connectivity index (χ0n) is 22.1. The molecule has 7 aliphatic rings. The van der Waals surface area contributed by atoms with Crippen molar-refractivity contribution in [2.75, 3.05) is 0 Å². The Labute approximate surface area is 228 Å². The van der Waals surface area contributed by atoms with Crippen molar-refractivity contribution in [3.8, 4) is 11.5 Å². The number of rotatable bonds is 2. The van der Waals surface area contributed by atoms with E-state index in [4.69, 9.17) is 23.7 Å². The van der Waals surface area contributed by atoms with Crippen LogP contribution < -0.4 is 0 Å². The molecule has 8 rings (SSSR count). The number of benzene rings is 1. The fourth-order valence-electron chi connectivity index (χ4n) is 7.31. The first kappa shape index (κ1) is 26.1. The van der Waals surface area contributed by atoms with E-state index in [-0.39, 0.29) is 35.1 Å². The van der Waals surface area contributed by atoms with E-state index in [9.17, 15) is 34.8 Å². The van der Waals surface area contributed by atoms with Gasteiger partial charge in [0.05, 0.1) is 54.2 Å². The second-order valence-electron chi connectivity index (χ2n) is 11.5. The summed E-state index contributed by atoms with van der Waals surface area (Å²) in [6.45, 7) is 4.88. The van der Waals surface area contributed by atoms with Gasteiger partial charge in [-0.3, -0.25) is 14.4 Å². The Morgan fingerprint density at radius 1 is 0.925 bits per heavy atom. The summed E-state index contributed by atoms with van der Waals surface area (Å²) in [5.74, 6) is -3.28. The highest BCUT2D eigenvalue weighted by atomic mass is 16.7. The number of phenolic OH excluding ortho intramolecular Hbond substituents is 2. The minimum Gasteiger partial charge on any atom is -0.507 e. The molecule has 214 valence electrons. The van der Waals surface area contributed by atoms with E-state index < -0.39 is 101 Å². The fourth-order valence-corrected chi connectivity index (χ4v) is 7.31. The number of ether oxygens (including phenoxy) is 5. The van der Waals surface area contributed by atoms with Gasteiger partial charge in [-0.25, -0.2) is 0 Å². The highest BCUT2D eigenvalue weighted by Crippen LogP contribution is 2.57. The Morgan fingerprint density at radius 3 is 2.35 bits per heavy atom. The van der Waals surface area contributed by atoms with Crippen molar-refractivity contribution in [1.29, 1.82) is 0 Å². The molecule has 0 aromatic heterocycles. The number of carbonyl (C=O) groups excluding carboxylic acids is 3. The van der Waals surface area contributed by atoms with E-state index in [1.165, 1.54) is 0 Å². The van der Waals surface area contributed by atoms with E-state index in [2.05, 4.69) is 0 Å². The Bertz CT molecular complexity index is 1400. The molecule has 3 saturated heterocycles. The Kier molecular flexibility index (Phi) is 5.58. The summed E-state index contributed by atoms with van der Waals surface area (Å²) >= 11 is 0. The summed E-state index contributed by atoms with van der Waals surface area (Å²) in [5.41, 5.74) is -3.18. The average Bonchev–Trinajstić information content (AvgIpc) is 3.26. The molecule has 5 aliphatic heterocycles. The van der Waals surface area contributed by atoms with Gasteiger partial charge in [0.25, 0.3) is 0 Å². The normalized spacial score (nSPS) is 41.8. The van der Waals surface area contributed by atoms with Crippen LogP contribution in [0.2, 0.25) is 0 Å². The molecule has 2 aliphatic carbocycles. The van der Waals surface area contributed by atoms with Crippen LogP contribution in [0.5, 0.6) is 11.5 Å². The fraction of sp³-hybridized carbons (Fsp3) is 0.607. The van der Waals surface area contributed by atoms with Crippen LogP contribution in [0.1, 0.15) is 90.5 Å². The van der Waals surface area contributed by atoms with Crippen molar-refractivity contribution in [1.82, 2.24) is 0 Å². The molecule has 2 bridgehead atoms. The van der Waals surface area contributed by atoms with Gasteiger partial charge in [-0.2, -0.15) is 0 Å². The highest BCUT2D eigenvalue weighted by molar-refractivity contribution is 6.30. The van der Waals surface area contributed by atoms with Crippen molar-refractivity contribution in [3.63, 3.8) is 0 Å². The second kappa shape index (κ2) is 8.57. The van der Waals surface area contributed by atoms with Gasteiger partial charge in [-0.05, 0) is 27.2 Å². The maximum absolute atomic E-state index is 14.2. The number of aliphatic hydroxyl groups is 2. The van der Waals surface area contributed by atoms with E-state index in [1.807, 2.05) is 0 Å². The SMILES string of the molecule is CC1OC(OC2CC3O[C@H](C)C2(O)C2=C3C(=O)c3c(O)c4c(c(O)c3C2=O)[C@H](C)O[C@H]2CC(=O)O[C@@H]42)CCC1O. The van der Waals surface area contributed by atoms with Crippen LogP contribution in [-0.2, 0) is 28.5 Å². The molecular weight excluding hydrogens is 528 g/mol. The summed E-state index contributed by atoms with van der Waals surface area (Å²) in [6, 6.07) is 0. The second-order valence-corrected chi connectivity index (χ2v) is 11.5. The summed E-state index contributed by atoms with van der Waals surface area (Å²) in [4.78, 5) is 40.2. The first-order valence-electron chi connectivity index (χ1n) is 13.6. The Hall–Kier alpha value is -2.87. The third-order valence-electron chi connectivity index (χ3n) is 9.31. The van der Waals surface area contributed by atoms with Crippen LogP contribution in [0.4, 0.5) is 0 Å². The molecule has 10 atom stereocenters. The number of esters is 1. The van der Waals surface area contributed by atoms with E-state index in [0.29, 0.717) is 12.8 Å². The van der Waals surface area contributed by atoms with Gasteiger partial charge < -0.3 is 44.1 Å². The molecule has 5 heterocycles. The average molecular weight is 559 g/mol. The lowest BCUT2D eigenvalue weighted by atomic mass is 9.63. The number of fused-ring (bicyclic) bond motifs is 6. The minimum atomic E-state index is -2.07. The topological polar surface area (TPSA) is 178 Å². The van der Waals surface area contributed by atoms with Crippen molar-refractivity contribution in [2.24, 2.45) is 0 Å². The van der Waals surface area contributed by atoms with E-state index in [0.717, 1.165) is 0 Å². The molecule has 3 fully saturated rings.